The number of hydrogen-bond acceptors (Lipinski definition) is 15. The molecule has 1 unspecified atom stereocenters. The summed E-state index contributed by atoms with van der Waals surface area (Å²) in [5, 5.41) is 0. The quantitative estimate of drug-likeness (QED) is 0.100. The van der Waals surface area contributed by atoms with Gasteiger partial charge in [-0.3, -0.25) is 42.3 Å². The van der Waals surface area contributed by atoms with Crippen LogP contribution in [0.2, 0.25) is 0 Å². The molecule has 6 rings (SSSR count). The average Bonchev–Trinajstić information content (AvgIpc) is 3.71. The SMILES string of the molecule is Nc1nc2c(ncn2[C@H]2CC[C@@H](COP(=O)(O)O[C@H]3C[C@H](n4cnc5c(=O)[nH]c(N)nc54)O[C@@H]3COP(=O)(O)O)O2)c(=O)[nH]1. The van der Waals surface area contributed by atoms with E-state index in [2.05, 4.69) is 34.4 Å². The van der Waals surface area contributed by atoms with E-state index in [1.165, 1.54) is 21.8 Å². The van der Waals surface area contributed by atoms with Gasteiger partial charge in [0, 0.05) is 6.42 Å². The first-order valence-corrected chi connectivity index (χ1v) is 15.9. The van der Waals surface area contributed by atoms with Crippen molar-refractivity contribution in [1.29, 1.82) is 0 Å². The number of rotatable bonds is 10. The van der Waals surface area contributed by atoms with Crippen molar-refractivity contribution >= 4 is 49.9 Å². The van der Waals surface area contributed by atoms with E-state index in [1.54, 1.807) is 0 Å². The highest BCUT2D eigenvalue weighted by molar-refractivity contribution is 7.47. The third-order valence-electron chi connectivity index (χ3n) is 6.89. The number of phosphoric ester groups is 2. The third-order valence-corrected chi connectivity index (χ3v) is 8.38. The van der Waals surface area contributed by atoms with Crippen LogP contribution in [0.5, 0.6) is 0 Å². The lowest BCUT2D eigenvalue weighted by atomic mass is 10.2. The Kier molecular flexibility index (Phi) is 7.91. The molecule has 6 heterocycles. The largest absolute Gasteiger partial charge is 0.472 e. The molecule has 0 aliphatic carbocycles. The van der Waals surface area contributed by atoms with E-state index in [9.17, 15) is 23.6 Å². The van der Waals surface area contributed by atoms with Gasteiger partial charge in [-0.25, -0.2) is 19.1 Å². The van der Waals surface area contributed by atoms with Crippen LogP contribution in [-0.2, 0) is 32.2 Å². The van der Waals surface area contributed by atoms with E-state index < -0.39 is 64.1 Å². The summed E-state index contributed by atoms with van der Waals surface area (Å²) in [5.74, 6) is -0.297. The number of nitrogens with two attached hydrogens (primary N) is 2. The Hall–Kier alpha value is -3.56. The Morgan fingerprint density at radius 1 is 0.886 bits per heavy atom. The summed E-state index contributed by atoms with van der Waals surface area (Å²) >= 11 is 0. The van der Waals surface area contributed by atoms with Gasteiger partial charge in [-0.05, 0) is 12.8 Å². The van der Waals surface area contributed by atoms with Gasteiger partial charge in [0.2, 0.25) is 11.9 Å². The molecular weight excluding hydrogens is 634 g/mol. The van der Waals surface area contributed by atoms with E-state index >= 15 is 0 Å². The lowest BCUT2D eigenvalue weighted by molar-refractivity contribution is -0.0476. The molecule has 0 radical (unpaired) electrons. The second-order valence-electron chi connectivity index (χ2n) is 9.90. The molecule has 9 N–H and O–H groups in total. The Balaban J connectivity index is 1.13. The minimum atomic E-state index is -4.95. The number of nitrogens with one attached hydrogen (secondary N) is 2. The fourth-order valence-electron chi connectivity index (χ4n) is 5.00. The van der Waals surface area contributed by atoms with Crippen LogP contribution in [0.3, 0.4) is 0 Å². The third kappa shape index (κ3) is 6.31. The maximum atomic E-state index is 13.0. The van der Waals surface area contributed by atoms with E-state index in [0.717, 1.165) is 0 Å². The van der Waals surface area contributed by atoms with Gasteiger partial charge < -0.3 is 35.6 Å². The highest BCUT2D eigenvalue weighted by Gasteiger charge is 2.43. The smallest absolute Gasteiger partial charge is 0.369 e. The predicted molar refractivity (Wildman–Crippen MR) is 145 cm³/mol. The molecule has 2 aliphatic rings. The molecular formula is C20H26N10O12P2. The van der Waals surface area contributed by atoms with Crippen LogP contribution < -0.4 is 22.6 Å². The van der Waals surface area contributed by atoms with Crippen molar-refractivity contribution in [3.63, 3.8) is 0 Å². The monoisotopic (exact) mass is 660 g/mol. The van der Waals surface area contributed by atoms with Crippen LogP contribution in [0.15, 0.2) is 22.2 Å². The molecule has 2 saturated heterocycles. The van der Waals surface area contributed by atoms with Gasteiger partial charge in [0.1, 0.15) is 24.7 Å². The van der Waals surface area contributed by atoms with E-state index in [-0.39, 0.29) is 47.3 Å². The lowest BCUT2D eigenvalue weighted by Gasteiger charge is -2.22. The van der Waals surface area contributed by atoms with E-state index in [1.807, 2.05) is 0 Å². The van der Waals surface area contributed by atoms with Crippen LogP contribution >= 0.6 is 15.6 Å². The van der Waals surface area contributed by atoms with Crippen molar-refractivity contribution in [3.8, 4) is 0 Å². The number of aromatic nitrogens is 8. The number of phosphoric acid groups is 2. The topological polar surface area (TPSA) is 320 Å². The Morgan fingerprint density at radius 3 is 2.07 bits per heavy atom. The predicted octanol–water partition coefficient (Wildman–Crippen LogP) is -1.01. The van der Waals surface area contributed by atoms with Crippen LogP contribution in [0.25, 0.3) is 22.3 Å². The number of nitrogens with zero attached hydrogens (tertiary/aromatic N) is 6. The van der Waals surface area contributed by atoms with Crippen molar-refractivity contribution in [1.82, 2.24) is 39.0 Å². The van der Waals surface area contributed by atoms with Crippen molar-refractivity contribution in [2.75, 3.05) is 24.7 Å². The van der Waals surface area contributed by atoms with Gasteiger partial charge in [0.15, 0.2) is 22.3 Å². The highest BCUT2D eigenvalue weighted by atomic mass is 31.2. The van der Waals surface area contributed by atoms with Crippen molar-refractivity contribution in [3.05, 3.63) is 33.4 Å². The fourth-order valence-corrected chi connectivity index (χ4v) is 6.32. The van der Waals surface area contributed by atoms with Crippen molar-refractivity contribution in [2.24, 2.45) is 0 Å². The molecule has 0 spiro atoms. The standard InChI is InChI=1S/C20H26N10O12P2/c21-19-25-15-13(17(31)27-19)23-6-29(15)11-2-1-8(40-11)4-39-44(36,37)42-9-3-12(41-10(9)5-38-43(33,34)35)30-7-24-14-16(30)26-20(22)28-18(14)32/h6-12H,1-5H2,(H,36,37)(H2,33,34,35)(H3,21,25,27,31)(H3,22,26,28,32)/t8-,9-,10+,11+,12+/m0/s1. The number of imidazole rings is 2. The summed E-state index contributed by atoms with van der Waals surface area (Å²) in [5.41, 5.74) is 10.4. The molecule has 22 nitrogen and oxygen atoms in total. The Morgan fingerprint density at radius 2 is 1.48 bits per heavy atom. The second kappa shape index (κ2) is 11.4. The summed E-state index contributed by atoms with van der Waals surface area (Å²) in [6.07, 6.45) is -1.54. The van der Waals surface area contributed by atoms with Gasteiger partial charge in [0.05, 0.1) is 32.0 Å². The summed E-state index contributed by atoms with van der Waals surface area (Å²) in [7, 11) is -9.76. The average molecular weight is 660 g/mol. The zero-order valence-electron chi connectivity index (χ0n) is 22.3. The first-order chi connectivity index (χ1) is 20.8. The molecule has 0 aromatic carbocycles. The molecule has 238 valence electrons. The van der Waals surface area contributed by atoms with Crippen LogP contribution in [0.4, 0.5) is 11.9 Å². The zero-order chi connectivity index (χ0) is 31.4. The molecule has 2 fully saturated rings. The van der Waals surface area contributed by atoms with Gasteiger partial charge >= 0.3 is 15.6 Å². The Bertz CT molecular complexity index is 1920. The number of anilines is 2. The zero-order valence-corrected chi connectivity index (χ0v) is 24.1. The van der Waals surface area contributed by atoms with Gasteiger partial charge in [-0.15, -0.1) is 0 Å². The number of ether oxygens (including phenoxy) is 2. The second-order valence-corrected chi connectivity index (χ2v) is 12.5. The summed E-state index contributed by atoms with van der Waals surface area (Å²) in [6, 6.07) is 0. The highest BCUT2D eigenvalue weighted by Crippen LogP contribution is 2.50. The maximum absolute atomic E-state index is 13.0. The summed E-state index contributed by atoms with van der Waals surface area (Å²) in [4.78, 5) is 73.9. The number of H-pyrrole nitrogens is 2. The summed E-state index contributed by atoms with van der Waals surface area (Å²) < 4.78 is 54.0. The fraction of sp³-hybridized carbons (Fsp3) is 0.500. The van der Waals surface area contributed by atoms with Crippen molar-refractivity contribution < 1.29 is 46.9 Å². The molecule has 44 heavy (non-hydrogen) atoms. The molecule has 0 amide bonds. The molecule has 6 atom stereocenters. The maximum Gasteiger partial charge on any atom is 0.472 e. The molecule has 2 aliphatic heterocycles. The van der Waals surface area contributed by atoms with Crippen LogP contribution in [0.1, 0.15) is 31.7 Å². The van der Waals surface area contributed by atoms with Gasteiger partial charge in [-0.1, -0.05) is 0 Å². The number of nitrogen functional groups attached to an aromatic ring is 2. The normalized spacial score (nSPS) is 25.7. The Labute approximate surface area is 244 Å². The number of fused-ring (bicyclic) bond motifs is 2. The molecule has 4 aromatic heterocycles. The number of aromatic amines is 2. The molecule has 0 saturated carbocycles. The number of hydrogen-bond donors (Lipinski definition) is 7. The molecule has 4 aromatic rings. The van der Waals surface area contributed by atoms with Crippen LogP contribution in [0, 0.1) is 0 Å². The van der Waals surface area contributed by atoms with Crippen LogP contribution in [-0.4, -0.2) is 85.2 Å². The van der Waals surface area contributed by atoms with E-state index in [4.69, 9.17) is 39.8 Å². The first-order valence-electron chi connectivity index (χ1n) is 12.9. The minimum absolute atomic E-state index is 0.0380. The minimum Gasteiger partial charge on any atom is -0.369 e. The van der Waals surface area contributed by atoms with E-state index in [0.29, 0.717) is 12.8 Å². The summed E-state index contributed by atoms with van der Waals surface area (Å²) in [6.45, 7) is -1.09. The van der Waals surface area contributed by atoms with Crippen molar-refractivity contribution in [2.45, 2.75) is 50.0 Å². The van der Waals surface area contributed by atoms with Gasteiger partial charge in [-0.2, -0.15) is 9.97 Å². The molecule has 24 heteroatoms. The van der Waals surface area contributed by atoms with Gasteiger partial charge in [0.25, 0.3) is 11.1 Å². The lowest BCUT2D eigenvalue weighted by Crippen LogP contribution is -2.28. The molecule has 0 bridgehead atoms. The first kappa shape index (κ1) is 30.5.